The summed E-state index contributed by atoms with van der Waals surface area (Å²) >= 11 is 0. The zero-order valence-electron chi connectivity index (χ0n) is 15.3. The van der Waals surface area contributed by atoms with Crippen molar-refractivity contribution in [3.63, 3.8) is 0 Å². The lowest BCUT2D eigenvalue weighted by atomic mass is 9.56. The highest BCUT2D eigenvalue weighted by atomic mass is 16.5. The van der Waals surface area contributed by atoms with Gasteiger partial charge in [-0.3, -0.25) is 0 Å². The van der Waals surface area contributed by atoms with Crippen LogP contribution in [0.25, 0.3) is 0 Å². The van der Waals surface area contributed by atoms with Crippen LogP contribution < -0.4 is 15.2 Å². The largest absolute Gasteiger partial charge is 0.493 e. The average Bonchev–Trinajstić information content (AvgIpc) is 2.72. The van der Waals surface area contributed by atoms with Crippen LogP contribution in [0.15, 0.2) is 41.1 Å². The number of rotatable bonds is 3. The number of methoxy groups -OCH3 is 2. The highest BCUT2D eigenvalue weighted by Crippen LogP contribution is 2.58. The third-order valence-corrected chi connectivity index (χ3v) is 5.57. The van der Waals surface area contributed by atoms with E-state index in [2.05, 4.69) is 18.2 Å². The predicted octanol–water partition coefficient (Wildman–Crippen LogP) is 3.30. The molecule has 0 unspecified atom stereocenters. The van der Waals surface area contributed by atoms with Gasteiger partial charge in [0.05, 0.1) is 37.6 Å². The smallest absolute Gasteiger partial charge is 0.191 e. The van der Waals surface area contributed by atoms with Crippen LogP contribution in [0.1, 0.15) is 30.7 Å². The first-order valence-electron chi connectivity index (χ1n) is 8.73. The first-order chi connectivity index (χ1) is 13.1. The van der Waals surface area contributed by atoms with E-state index in [0.29, 0.717) is 17.1 Å². The van der Waals surface area contributed by atoms with E-state index >= 15 is 0 Å². The third-order valence-electron chi connectivity index (χ3n) is 5.57. The minimum atomic E-state index is -1.65. The number of benzene rings is 1. The Kier molecular flexibility index (Phi) is 4.80. The maximum Gasteiger partial charge on any atom is 0.191 e. The van der Waals surface area contributed by atoms with Gasteiger partial charge in [-0.1, -0.05) is 18.2 Å². The number of hydrogen-bond acceptors (Lipinski definition) is 6. The fraction of sp³-hybridized carbons (Fsp3) is 0.381. The highest BCUT2D eigenvalue weighted by molar-refractivity contribution is 5.61. The SMILES string of the molecule is COc1cccc([C@H]2[C@H]3CCCC=C3C(C#N)=C(N)C2(C#N)C#N)c1OC. The molecule has 0 aliphatic heterocycles. The van der Waals surface area contributed by atoms with E-state index in [1.165, 1.54) is 7.11 Å². The normalized spacial score (nSPS) is 23.1. The molecule has 6 heteroatoms. The summed E-state index contributed by atoms with van der Waals surface area (Å²) in [5.74, 6) is 0.287. The molecule has 2 atom stereocenters. The molecule has 0 radical (unpaired) electrons. The minimum absolute atomic E-state index is 0.0225. The lowest BCUT2D eigenvalue weighted by molar-refractivity contribution is 0.297. The summed E-state index contributed by atoms with van der Waals surface area (Å²) in [5.41, 5.74) is 6.45. The third kappa shape index (κ3) is 2.52. The number of nitriles is 3. The predicted molar refractivity (Wildman–Crippen MR) is 98.2 cm³/mol. The second kappa shape index (κ2) is 7.06. The van der Waals surface area contributed by atoms with Crippen LogP contribution >= 0.6 is 0 Å². The van der Waals surface area contributed by atoms with E-state index in [1.807, 2.05) is 18.2 Å². The number of hydrogen-bond donors (Lipinski definition) is 1. The van der Waals surface area contributed by atoms with Crippen LogP contribution in [0.2, 0.25) is 0 Å². The van der Waals surface area contributed by atoms with E-state index < -0.39 is 11.3 Å². The van der Waals surface area contributed by atoms with E-state index in [9.17, 15) is 15.8 Å². The van der Waals surface area contributed by atoms with Crippen LogP contribution in [-0.4, -0.2) is 14.2 Å². The van der Waals surface area contributed by atoms with Crippen molar-refractivity contribution in [2.75, 3.05) is 14.2 Å². The first-order valence-corrected chi connectivity index (χ1v) is 8.73. The molecular formula is C21H20N4O2. The summed E-state index contributed by atoms with van der Waals surface area (Å²) in [6.07, 6.45) is 4.54. The van der Waals surface area contributed by atoms with Gasteiger partial charge in [0.1, 0.15) is 6.07 Å². The molecule has 1 aromatic rings. The molecule has 136 valence electrons. The summed E-state index contributed by atoms with van der Waals surface area (Å²) in [6, 6.07) is 11.8. The van der Waals surface area contributed by atoms with Crippen molar-refractivity contribution in [2.24, 2.45) is 17.1 Å². The van der Waals surface area contributed by atoms with Gasteiger partial charge in [-0.2, -0.15) is 15.8 Å². The molecule has 6 nitrogen and oxygen atoms in total. The molecule has 0 heterocycles. The number of nitrogens with two attached hydrogens (primary N) is 1. The van der Waals surface area contributed by atoms with Crippen molar-refractivity contribution < 1.29 is 9.47 Å². The minimum Gasteiger partial charge on any atom is -0.493 e. The Morgan fingerprint density at radius 1 is 1.15 bits per heavy atom. The molecule has 0 aromatic heterocycles. The Morgan fingerprint density at radius 2 is 1.89 bits per heavy atom. The molecule has 27 heavy (non-hydrogen) atoms. The van der Waals surface area contributed by atoms with Gasteiger partial charge in [0.2, 0.25) is 0 Å². The van der Waals surface area contributed by atoms with Crippen LogP contribution in [0.5, 0.6) is 11.5 Å². The van der Waals surface area contributed by atoms with Gasteiger partial charge in [0.15, 0.2) is 16.9 Å². The molecule has 0 spiro atoms. The van der Waals surface area contributed by atoms with E-state index in [4.69, 9.17) is 15.2 Å². The molecule has 0 bridgehead atoms. The van der Waals surface area contributed by atoms with Crippen LogP contribution in [0, 0.1) is 45.3 Å². The quantitative estimate of drug-likeness (QED) is 0.884. The van der Waals surface area contributed by atoms with Crippen LogP contribution in [-0.2, 0) is 0 Å². The number of ether oxygens (including phenoxy) is 2. The number of fused-ring (bicyclic) bond motifs is 1. The van der Waals surface area contributed by atoms with Gasteiger partial charge < -0.3 is 15.2 Å². The van der Waals surface area contributed by atoms with Crippen molar-refractivity contribution >= 4 is 0 Å². The second-order valence-corrected chi connectivity index (χ2v) is 6.69. The standard InChI is InChI=1S/C21H20N4O2/c1-26-17-9-5-8-15(19(17)27-2)18-14-7-4-3-6-13(14)16(10-22)20(25)21(18,11-23)12-24/h5-6,8-9,14,18H,3-4,7,25H2,1-2H3/t14-,18+/m0/s1. The molecular weight excluding hydrogens is 340 g/mol. The summed E-state index contributed by atoms with van der Waals surface area (Å²) in [4.78, 5) is 0. The lowest BCUT2D eigenvalue weighted by Gasteiger charge is -2.43. The summed E-state index contributed by atoms with van der Waals surface area (Å²) in [6.45, 7) is 0. The van der Waals surface area contributed by atoms with E-state index in [0.717, 1.165) is 24.8 Å². The molecule has 0 saturated carbocycles. The maximum absolute atomic E-state index is 10.0. The molecule has 0 saturated heterocycles. The van der Waals surface area contributed by atoms with Gasteiger partial charge in [-0.15, -0.1) is 0 Å². The maximum atomic E-state index is 10.0. The van der Waals surface area contributed by atoms with Crippen molar-refractivity contribution in [1.82, 2.24) is 0 Å². The number of nitrogens with zero attached hydrogens (tertiary/aromatic N) is 3. The Bertz CT molecular complexity index is 942. The Balaban J connectivity index is 2.38. The average molecular weight is 360 g/mol. The zero-order chi connectivity index (χ0) is 19.6. The van der Waals surface area contributed by atoms with Gasteiger partial charge in [0, 0.05) is 11.5 Å². The monoisotopic (exact) mass is 360 g/mol. The summed E-state index contributed by atoms with van der Waals surface area (Å²) in [7, 11) is 3.07. The Hall–Kier alpha value is -3.43. The summed E-state index contributed by atoms with van der Waals surface area (Å²) in [5, 5.41) is 29.8. The topological polar surface area (TPSA) is 116 Å². The van der Waals surface area contributed by atoms with E-state index in [-0.39, 0.29) is 17.2 Å². The fourth-order valence-electron chi connectivity index (χ4n) is 4.37. The van der Waals surface area contributed by atoms with Gasteiger partial charge in [-0.05, 0) is 36.8 Å². The molecule has 2 aliphatic carbocycles. The van der Waals surface area contributed by atoms with Crippen LogP contribution in [0.4, 0.5) is 0 Å². The van der Waals surface area contributed by atoms with Crippen molar-refractivity contribution in [3.8, 4) is 29.7 Å². The molecule has 2 aliphatic rings. The van der Waals surface area contributed by atoms with Crippen LogP contribution in [0.3, 0.4) is 0 Å². The molecule has 0 amide bonds. The highest BCUT2D eigenvalue weighted by Gasteiger charge is 2.54. The molecule has 1 aromatic carbocycles. The second-order valence-electron chi connectivity index (χ2n) is 6.69. The van der Waals surface area contributed by atoms with Crippen molar-refractivity contribution in [3.05, 3.63) is 46.7 Å². The van der Waals surface area contributed by atoms with Gasteiger partial charge >= 0.3 is 0 Å². The Morgan fingerprint density at radius 3 is 2.48 bits per heavy atom. The zero-order valence-corrected chi connectivity index (χ0v) is 15.3. The number of para-hydroxylation sites is 1. The molecule has 2 N–H and O–H groups in total. The summed E-state index contributed by atoms with van der Waals surface area (Å²) < 4.78 is 11.0. The van der Waals surface area contributed by atoms with Crippen molar-refractivity contribution in [2.45, 2.75) is 25.2 Å². The number of allylic oxidation sites excluding steroid dienone is 4. The fourth-order valence-corrected chi connectivity index (χ4v) is 4.37. The Labute approximate surface area is 158 Å². The van der Waals surface area contributed by atoms with Crippen molar-refractivity contribution in [1.29, 1.82) is 15.8 Å². The van der Waals surface area contributed by atoms with Gasteiger partial charge in [-0.25, -0.2) is 0 Å². The molecule has 0 fully saturated rings. The lowest BCUT2D eigenvalue weighted by Crippen LogP contribution is -2.42. The van der Waals surface area contributed by atoms with Gasteiger partial charge in [0.25, 0.3) is 0 Å². The molecule has 3 rings (SSSR count). The first kappa shape index (κ1) is 18.4. The van der Waals surface area contributed by atoms with E-state index in [1.54, 1.807) is 13.2 Å².